The lowest BCUT2D eigenvalue weighted by atomic mass is 9.95. The summed E-state index contributed by atoms with van der Waals surface area (Å²) in [5.74, 6) is 1.23. The molecule has 4 heteroatoms. The van der Waals surface area contributed by atoms with Crippen molar-refractivity contribution in [3.05, 3.63) is 29.8 Å². The van der Waals surface area contributed by atoms with Crippen molar-refractivity contribution in [1.29, 1.82) is 0 Å². The van der Waals surface area contributed by atoms with E-state index in [0.29, 0.717) is 24.8 Å². The van der Waals surface area contributed by atoms with E-state index in [4.69, 9.17) is 0 Å². The van der Waals surface area contributed by atoms with Crippen LogP contribution >= 0.6 is 0 Å². The van der Waals surface area contributed by atoms with Crippen LogP contribution in [0.25, 0.3) is 0 Å². The molecule has 1 aliphatic carbocycles. The van der Waals surface area contributed by atoms with Crippen LogP contribution in [0.4, 0.5) is 5.69 Å². The molecule has 1 saturated carbocycles. The third-order valence-electron chi connectivity index (χ3n) is 4.98. The van der Waals surface area contributed by atoms with Crippen molar-refractivity contribution < 1.29 is 9.90 Å². The van der Waals surface area contributed by atoms with Crippen LogP contribution in [0.1, 0.15) is 37.2 Å². The number of hydrogen-bond donors (Lipinski definition) is 3. The van der Waals surface area contributed by atoms with Crippen molar-refractivity contribution in [3.8, 4) is 0 Å². The summed E-state index contributed by atoms with van der Waals surface area (Å²) in [6.07, 6.45) is 3.93. The Kier molecular flexibility index (Phi) is 4.44. The van der Waals surface area contributed by atoms with Gasteiger partial charge in [0.1, 0.15) is 0 Å². The maximum absolute atomic E-state index is 12.2. The summed E-state index contributed by atoms with van der Waals surface area (Å²) in [5, 5.41) is 15.7. The highest BCUT2D eigenvalue weighted by molar-refractivity contribution is 5.78. The van der Waals surface area contributed by atoms with Gasteiger partial charge in [-0.2, -0.15) is 0 Å². The summed E-state index contributed by atoms with van der Waals surface area (Å²) in [7, 11) is 0. The second-order valence-electron chi connectivity index (χ2n) is 6.31. The molecule has 21 heavy (non-hydrogen) atoms. The fraction of sp³-hybridized carbons (Fsp3) is 0.588. The molecule has 0 aromatic heterocycles. The van der Waals surface area contributed by atoms with Crippen LogP contribution in [0.5, 0.6) is 0 Å². The van der Waals surface area contributed by atoms with E-state index in [1.807, 2.05) is 12.1 Å². The zero-order chi connectivity index (χ0) is 14.7. The van der Waals surface area contributed by atoms with Gasteiger partial charge in [-0.25, -0.2) is 0 Å². The molecular formula is C17H24N2O2. The first-order valence-electron chi connectivity index (χ1n) is 7.98. The van der Waals surface area contributed by atoms with Gasteiger partial charge in [-0.3, -0.25) is 4.79 Å². The molecule has 2 aliphatic rings. The molecule has 0 spiro atoms. The van der Waals surface area contributed by atoms with E-state index in [0.717, 1.165) is 25.1 Å². The predicted octanol–water partition coefficient (Wildman–Crippen LogP) is 2.11. The number of aliphatic hydroxyl groups is 1. The molecule has 0 radical (unpaired) electrons. The molecule has 1 aromatic carbocycles. The van der Waals surface area contributed by atoms with E-state index < -0.39 is 0 Å². The first-order chi connectivity index (χ1) is 10.3. The van der Waals surface area contributed by atoms with Crippen LogP contribution in [0, 0.1) is 11.8 Å². The fourth-order valence-electron chi connectivity index (χ4n) is 3.70. The van der Waals surface area contributed by atoms with Gasteiger partial charge in [0.05, 0.1) is 0 Å². The average molecular weight is 288 g/mol. The fourth-order valence-corrected chi connectivity index (χ4v) is 3.70. The topological polar surface area (TPSA) is 61.4 Å². The minimum absolute atomic E-state index is 0.127. The molecule has 1 heterocycles. The zero-order valence-corrected chi connectivity index (χ0v) is 12.3. The standard InChI is InChI=1S/C17H24N2O2/c20-11-13-5-3-4-12(13)9-19-17(21)8-14-10-18-16-7-2-1-6-15(14)16/h1-2,6-7,12-14,18,20H,3-5,8-11H2,(H,19,21). The quantitative estimate of drug-likeness (QED) is 0.777. The van der Waals surface area contributed by atoms with Gasteiger partial charge in [-0.1, -0.05) is 24.6 Å². The van der Waals surface area contributed by atoms with Gasteiger partial charge in [0.2, 0.25) is 5.91 Å². The molecule has 4 nitrogen and oxygen atoms in total. The van der Waals surface area contributed by atoms with Crippen molar-refractivity contribution in [2.75, 3.05) is 25.0 Å². The molecule has 114 valence electrons. The summed E-state index contributed by atoms with van der Waals surface area (Å²) < 4.78 is 0. The van der Waals surface area contributed by atoms with Crippen LogP contribution < -0.4 is 10.6 Å². The van der Waals surface area contributed by atoms with Gasteiger partial charge in [0.15, 0.2) is 0 Å². The second-order valence-corrected chi connectivity index (χ2v) is 6.31. The Morgan fingerprint density at radius 2 is 2.10 bits per heavy atom. The lowest BCUT2D eigenvalue weighted by molar-refractivity contribution is -0.121. The van der Waals surface area contributed by atoms with Gasteiger partial charge in [-0.15, -0.1) is 0 Å². The number of para-hydroxylation sites is 1. The number of fused-ring (bicyclic) bond motifs is 1. The number of carbonyl (C=O) groups excluding carboxylic acids is 1. The molecule has 1 aliphatic heterocycles. The van der Waals surface area contributed by atoms with Crippen LogP contribution in [-0.4, -0.2) is 30.7 Å². The number of carbonyl (C=O) groups is 1. The van der Waals surface area contributed by atoms with E-state index in [-0.39, 0.29) is 18.4 Å². The van der Waals surface area contributed by atoms with Gasteiger partial charge in [-0.05, 0) is 36.3 Å². The van der Waals surface area contributed by atoms with Gasteiger partial charge < -0.3 is 15.7 Å². The summed E-state index contributed by atoms with van der Waals surface area (Å²) in [6.45, 7) is 1.81. The number of hydrogen-bond acceptors (Lipinski definition) is 3. The van der Waals surface area contributed by atoms with E-state index in [2.05, 4.69) is 22.8 Å². The predicted molar refractivity (Wildman–Crippen MR) is 83.2 cm³/mol. The summed E-state index contributed by atoms with van der Waals surface area (Å²) in [6, 6.07) is 8.22. The van der Waals surface area contributed by atoms with Gasteiger partial charge in [0, 0.05) is 37.7 Å². The molecule has 3 N–H and O–H groups in total. The maximum Gasteiger partial charge on any atom is 0.220 e. The lowest BCUT2D eigenvalue weighted by Gasteiger charge is -2.18. The normalized spacial score (nSPS) is 27.2. The van der Waals surface area contributed by atoms with Crippen molar-refractivity contribution in [3.63, 3.8) is 0 Å². The van der Waals surface area contributed by atoms with Gasteiger partial charge >= 0.3 is 0 Å². The van der Waals surface area contributed by atoms with Crippen molar-refractivity contribution in [1.82, 2.24) is 5.32 Å². The summed E-state index contributed by atoms with van der Waals surface area (Å²) >= 11 is 0. The molecule has 1 fully saturated rings. The zero-order valence-electron chi connectivity index (χ0n) is 12.3. The van der Waals surface area contributed by atoms with Gasteiger partial charge in [0.25, 0.3) is 0 Å². The minimum atomic E-state index is 0.127. The van der Waals surface area contributed by atoms with Crippen LogP contribution in [-0.2, 0) is 4.79 Å². The number of aliphatic hydroxyl groups excluding tert-OH is 1. The number of benzene rings is 1. The van der Waals surface area contributed by atoms with E-state index in [9.17, 15) is 9.90 Å². The van der Waals surface area contributed by atoms with E-state index in [1.54, 1.807) is 0 Å². The Morgan fingerprint density at radius 3 is 2.95 bits per heavy atom. The van der Waals surface area contributed by atoms with Crippen LogP contribution in [0.2, 0.25) is 0 Å². The monoisotopic (exact) mass is 288 g/mol. The molecule has 1 aromatic rings. The Hall–Kier alpha value is -1.55. The van der Waals surface area contributed by atoms with E-state index in [1.165, 1.54) is 12.0 Å². The molecule has 3 rings (SSSR count). The number of rotatable bonds is 5. The number of amides is 1. The Labute approximate surface area is 125 Å². The second kappa shape index (κ2) is 6.48. The molecule has 0 saturated heterocycles. The highest BCUT2D eigenvalue weighted by atomic mass is 16.3. The SMILES string of the molecule is O=C(CC1CNc2ccccc21)NCC1CCCC1CO. The van der Waals surface area contributed by atoms with Crippen molar-refractivity contribution in [2.24, 2.45) is 11.8 Å². The minimum Gasteiger partial charge on any atom is -0.396 e. The summed E-state index contributed by atoms with van der Waals surface area (Å²) in [4.78, 5) is 12.2. The first-order valence-corrected chi connectivity index (χ1v) is 7.98. The van der Waals surface area contributed by atoms with E-state index >= 15 is 0 Å². The molecule has 3 unspecified atom stereocenters. The number of nitrogens with one attached hydrogen (secondary N) is 2. The third-order valence-corrected chi connectivity index (χ3v) is 4.98. The Morgan fingerprint density at radius 1 is 1.29 bits per heavy atom. The molecule has 0 bridgehead atoms. The molecule has 3 atom stereocenters. The van der Waals surface area contributed by atoms with Crippen molar-refractivity contribution in [2.45, 2.75) is 31.6 Å². The number of anilines is 1. The van der Waals surface area contributed by atoms with Crippen LogP contribution in [0.15, 0.2) is 24.3 Å². The summed E-state index contributed by atoms with van der Waals surface area (Å²) in [5.41, 5.74) is 2.41. The largest absolute Gasteiger partial charge is 0.396 e. The molecule has 1 amide bonds. The average Bonchev–Trinajstić information content (AvgIpc) is 3.12. The Balaban J connectivity index is 1.49. The lowest BCUT2D eigenvalue weighted by Crippen LogP contribution is -2.32. The molecular weight excluding hydrogens is 264 g/mol. The maximum atomic E-state index is 12.2. The first kappa shape index (κ1) is 14.4. The third kappa shape index (κ3) is 3.21. The van der Waals surface area contributed by atoms with Crippen molar-refractivity contribution >= 4 is 11.6 Å². The highest BCUT2D eigenvalue weighted by Crippen LogP contribution is 2.33. The highest BCUT2D eigenvalue weighted by Gasteiger charge is 2.28. The Bertz CT molecular complexity index is 503. The van der Waals surface area contributed by atoms with Crippen LogP contribution in [0.3, 0.4) is 0 Å². The smallest absolute Gasteiger partial charge is 0.220 e.